The summed E-state index contributed by atoms with van der Waals surface area (Å²) in [6, 6.07) is 6.14. The van der Waals surface area contributed by atoms with E-state index in [1.54, 1.807) is 6.07 Å². The van der Waals surface area contributed by atoms with E-state index in [1.165, 1.54) is 12.1 Å². The van der Waals surface area contributed by atoms with E-state index in [0.717, 1.165) is 19.4 Å². The minimum atomic E-state index is -1.68. The fraction of sp³-hybridized carbons (Fsp3) is 0.588. The summed E-state index contributed by atoms with van der Waals surface area (Å²) in [6.45, 7) is 12.3. The van der Waals surface area contributed by atoms with Crippen molar-refractivity contribution >= 4 is 8.32 Å². The van der Waals surface area contributed by atoms with Gasteiger partial charge >= 0.3 is 0 Å². The molecule has 0 atom stereocenters. The third-order valence-electron chi connectivity index (χ3n) is 4.13. The molecule has 0 aliphatic carbocycles. The number of hydrogen-bond acceptors (Lipinski definition) is 3. The summed E-state index contributed by atoms with van der Waals surface area (Å²) in [5, 5.41) is 8.90. The molecular weight excluding hydrogens is 297 g/mol. The predicted molar refractivity (Wildman–Crippen MR) is 89.0 cm³/mol. The quantitative estimate of drug-likeness (QED) is 0.530. The molecule has 0 radical (unpaired) electrons. The average Bonchev–Trinajstić information content (AvgIpc) is 2.42. The predicted octanol–water partition coefficient (Wildman–Crippen LogP) is 4.88. The molecule has 0 saturated carbocycles. The van der Waals surface area contributed by atoms with Gasteiger partial charge in [-0.3, -0.25) is 0 Å². The Bertz CT molecular complexity index is 532. The maximum Gasteiger partial charge on any atom is 0.191 e. The van der Waals surface area contributed by atoms with E-state index >= 15 is 0 Å². The van der Waals surface area contributed by atoms with Crippen LogP contribution in [0.3, 0.4) is 0 Å². The Balaban J connectivity index is 2.28. The number of rotatable bonds is 7. The second-order valence-electron chi connectivity index (χ2n) is 6.92. The van der Waals surface area contributed by atoms with Crippen molar-refractivity contribution in [3.63, 3.8) is 0 Å². The van der Waals surface area contributed by atoms with Gasteiger partial charge in [-0.15, -0.1) is 0 Å². The number of nitrogens with zero attached hydrogens (tertiary/aromatic N) is 1. The number of hydrogen-bond donors (Lipinski definition) is 0. The summed E-state index contributed by atoms with van der Waals surface area (Å²) in [7, 11) is -1.68. The van der Waals surface area contributed by atoms with Gasteiger partial charge in [0.05, 0.1) is 18.2 Å². The van der Waals surface area contributed by atoms with Gasteiger partial charge in [-0.05, 0) is 49.2 Å². The lowest BCUT2D eigenvalue weighted by molar-refractivity contribution is 0.248. The van der Waals surface area contributed by atoms with Crippen LogP contribution in [-0.2, 0) is 4.43 Å². The third-order valence-corrected chi connectivity index (χ3v) is 8.66. The molecule has 0 bridgehead atoms. The lowest BCUT2D eigenvalue weighted by Crippen LogP contribution is -2.41. The van der Waals surface area contributed by atoms with Gasteiger partial charge in [0.25, 0.3) is 0 Å². The maximum atomic E-state index is 13.6. The molecule has 0 amide bonds. The van der Waals surface area contributed by atoms with Crippen molar-refractivity contribution in [3.8, 4) is 11.8 Å². The molecule has 1 aromatic carbocycles. The van der Waals surface area contributed by atoms with Crippen LogP contribution in [0.5, 0.6) is 5.75 Å². The fourth-order valence-electron chi connectivity index (χ4n) is 1.62. The summed E-state index contributed by atoms with van der Waals surface area (Å²) >= 11 is 0. The first-order chi connectivity index (χ1) is 10.2. The molecule has 0 heterocycles. The van der Waals surface area contributed by atoms with Crippen LogP contribution >= 0.6 is 0 Å². The highest BCUT2D eigenvalue weighted by Crippen LogP contribution is 2.36. The van der Waals surface area contributed by atoms with Gasteiger partial charge in [-0.25, -0.2) is 4.39 Å². The molecule has 0 fully saturated rings. The van der Waals surface area contributed by atoms with Crippen molar-refractivity contribution < 1.29 is 13.6 Å². The van der Waals surface area contributed by atoms with Crippen molar-refractivity contribution in [2.75, 3.05) is 13.2 Å². The highest BCUT2D eigenvalue weighted by Gasteiger charge is 2.36. The van der Waals surface area contributed by atoms with E-state index in [1.807, 2.05) is 6.07 Å². The van der Waals surface area contributed by atoms with Gasteiger partial charge in [0.2, 0.25) is 0 Å². The smallest absolute Gasteiger partial charge is 0.191 e. The van der Waals surface area contributed by atoms with Crippen LogP contribution in [0.4, 0.5) is 4.39 Å². The normalized spacial score (nSPS) is 12.0. The molecule has 0 aliphatic heterocycles. The molecule has 122 valence electrons. The van der Waals surface area contributed by atoms with Crippen LogP contribution in [0.25, 0.3) is 0 Å². The number of benzene rings is 1. The topological polar surface area (TPSA) is 42.2 Å². The molecule has 0 unspecified atom stereocenters. The summed E-state index contributed by atoms with van der Waals surface area (Å²) in [5.41, 5.74) is 0.299. The summed E-state index contributed by atoms with van der Waals surface area (Å²) in [4.78, 5) is 0. The minimum absolute atomic E-state index is 0.198. The van der Waals surface area contributed by atoms with Crippen molar-refractivity contribution in [2.45, 2.75) is 51.7 Å². The van der Waals surface area contributed by atoms with Gasteiger partial charge in [0.1, 0.15) is 0 Å². The zero-order valence-electron chi connectivity index (χ0n) is 14.2. The van der Waals surface area contributed by atoms with E-state index in [0.29, 0.717) is 12.2 Å². The van der Waals surface area contributed by atoms with Gasteiger partial charge in [-0.2, -0.15) is 5.26 Å². The van der Waals surface area contributed by atoms with E-state index in [4.69, 9.17) is 14.4 Å². The summed E-state index contributed by atoms with van der Waals surface area (Å²) in [6.07, 6.45) is 1.71. The Morgan fingerprint density at radius 3 is 2.36 bits per heavy atom. The Labute approximate surface area is 134 Å². The Hall–Kier alpha value is -1.38. The van der Waals surface area contributed by atoms with Crippen LogP contribution in [0, 0.1) is 17.1 Å². The molecule has 5 heteroatoms. The number of ether oxygens (including phenoxy) is 1. The molecule has 0 spiro atoms. The zero-order valence-corrected chi connectivity index (χ0v) is 15.2. The van der Waals surface area contributed by atoms with Crippen LogP contribution in [0.1, 0.15) is 39.2 Å². The van der Waals surface area contributed by atoms with Crippen molar-refractivity contribution in [2.24, 2.45) is 0 Å². The summed E-state index contributed by atoms with van der Waals surface area (Å²) < 4.78 is 25.1. The Morgan fingerprint density at radius 1 is 1.18 bits per heavy atom. The van der Waals surface area contributed by atoms with Gasteiger partial charge < -0.3 is 9.16 Å². The zero-order chi connectivity index (χ0) is 16.8. The fourth-order valence-corrected chi connectivity index (χ4v) is 2.71. The van der Waals surface area contributed by atoms with Crippen LogP contribution in [0.15, 0.2) is 18.2 Å². The number of nitriles is 1. The third kappa shape index (κ3) is 5.43. The van der Waals surface area contributed by atoms with Crippen LogP contribution in [-0.4, -0.2) is 21.5 Å². The SMILES string of the molecule is CC(C)(C)[Si](C)(C)OCCCCOc1ccc(C#N)cc1F. The largest absolute Gasteiger partial charge is 0.491 e. The van der Waals surface area contributed by atoms with E-state index in [2.05, 4.69) is 33.9 Å². The number of unbranched alkanes of at least 4 members (excludes halogenated alkanes) is 1. The summed E-state index contributed by atoms with van der Waals surface area (Å²) in [5.74, 6) is -0.291. The van der Waals surface area contributed by atoms with Crippen LogP contribution in [0.2, 0.25) is 18.1 Å². The Morgan fingerprint density at radius 2 is 1.82 bits per heavy atom. The standard InChI is InChI=1S/C17H26FNO2Si/c1-17(2,3)22(4,5)21-11-7-6-10-20-16-9-8-14(13-19)12-15(16)18/h8-9,12H,6-7,10-11H2,1-5H3. The first kappa shape index (κ1) is 18.7. The first-order valence-electron chi connectivity index (χ1n) is 7.64. The average molecular weight is 323 g/mol. The molecule has 0 aromatic heterocycles. The lowest BCUT2D eigenvalue weighted by Gasteiger charge is -2.36. The number of halogens is 1. The molecule has 3 nitrogen and oxygen atoms in total. The first-order valence-corrected chi connectivity index (χ1v) is 10.5. The van der Waals surface area contributed by atoms with E-state index in [-0.39, 0.29) is 10.8 Å². The van der Waals surface area contributed by atoms with Crippen molar-refractivity contribution in [1.29, 1.82) is 5.26 Å². The highest BCUT2D eigenvalue weighted by atomic mass is 28.4. The molecule has 1 aromatic rings. The molecule has 1 rings (SSSR count). The molecule has 0 aliphatic rings. The van der Waals surface area contributed by atoms with Gasteiger partial charge in [0, 0.05) is 6.61 Å². The second kappa shape index (κ2) is 7.75. The highest BCUT2D eigenvalue weighted by molar-refractivity contribution is 6.74. The Kier molecular flexibility index (Phi) is 6.58. The second-order valence-corrected chi connectivity index (χ2v) is 11.7. The van der Waals surface area contributed by atoms with Gasteiger partial charge in [0.15, 0.2) is 19.9 Å². The van der Waals surface area contributed by atoms with Crippen LogP contribution < -0.4 is 4.74 Å². The molecule has 22 heavy (non-hydrogen) atoms. The molecular formula is C17H26FNO2Si. The maximum absolute atomic E-state index is 13.6. The molecule has 0 saturated heterocycles. The van der Waals surface area contributed by atoms with Gasteiger partial charge in [-0.1, -0.05) is 20.8 Å². The van der Waals surface area contributed by atoms with Crippen molar-refractivity contribution in [3.05, 3.63) is 29.6 Å². The lowest BCUT2D eigenvalue weighted by atomic mass is 10.2. The molecule has 0 N–H and O–H groups in total. The van der Waals surface area contributed by atoms with E-state index < -0.39 is 14.1 Å². The monoisotopic (exact) mass is 323 g/mol. The minimum Gasteiger partial charge on any atom is -0.491 e. The van der Waals surface area contributed by atoms with E-state index in [9.17, 15) is 4.39 Å². The van der Waals surface area contributed by atoms with Crippen molar-refractivity contribution in [1.82, 2.24) is 0 Å².